The van der Waals surface area contributed by atoms with E-state index < -0.39 is 0 Å². The van der Waals surface area contributed by atoms with E-state index in [1.54, 1.807) is 0 Å². The van der Waals surface area contributed by atoms with Crippen LogP contribution in [0.1, 0.15) is 25.7 Å². The highest BCUT2D eigenvalue weighted by atomic mass is 127. The molecule has 2 rings (SSSR count). The van der Waals surface area contributed by atoms with Gasteiger partial charge < -0.3 is 15.8 Å². The lowest BCUT2D eigenvalue weighted by Crippen LogP contribution is -2.41. The molecule has 110 valence electrons. The van der Waals surface area contributed by atoms with Crippen molar-refractivity contribution in [3.8, 4) is 5.75 Å². The molecule has 1 atom stereocenters. The third-order valence-electron chi connectivity index (χ3n) is 3.42. The van der Waals surface area contributed by atoms with Crippen LogP contribution in [0.4, 0.5) is 0 Å². The zero-order valence-electron chi connectivity index (χ0n) is 11.5. The molecule has 0 heterocycles. The molecule has 20 heavy (non-hydrogen) atoms. The Bertz CT molecular complexity index is 432. The molecule has 1 fully saturated rings. The molecule has 0 aromatic heterocycles. The Morgan fingerprint density at radius 3 is 2.70 bits per heavy atom. The molecule has 1 saturated carbocycles. The Hall–Kier alpha value is -0.820. The number of amides is 1. The number of nitrogens with two attached hydrogens (primary N) is 1. The highest BCUT2D eigenvalue weighted by Gasteiger charge is 2.30. The second-order valence-corrected chi connectivity index (χ2v) is 6.40. The van der Waals surface area contributed by atoms with Crippen molar-refractivity contribution in [2.45, 2.75) is 31.7 Å². The van der Waals surface area contributed by atoms with Gasteiger partial charge in [0.2, 0.25) is 5.91 Å². The Balaban J connectivity index is 1.60. The largest absolute Gasteiger partial charge is 0.494 e. The topological polar surface area (TPSA) is 64.3 Å². The minimum atomic E-state index is 0.0820. The number of nitrogens with one attached hydrogen (secondary N) is 1. The van der Waals surface area contributed by atoms with Gasteiger partial charge in [0, 0.05) is 22.6 Å². The van der Waals surface area contributed by atoms with Gasteiger partial charge in [-0.15, -0.1) is 0 Å². The van der Waals surface area contributed by atoms with Crippen LogP contribution in [0.5, 0.6) is 5.75 Å². The summed E-state index contributed by atoms with van der Waals surface area (Å²) < 4.78 is 6.78. The van der Waals surface area contributed by atoms with E-state index in [1.807, 2.05) is 24.3 Å². The predicted octanol–water partition coefficient (Wildman–Crippen LogP) is 2.30. The summed E-state index contributed by atoms with van der Waals surface area (Å²) in [4.78, 5) is 11.8. The summed E-state index contributed by atoms with van der Waals surface area (Å²) >= 11 is 2.26. The molecule has 0 saturated heterocycles. The van der Waals surface area contributed by atoms with Gasteiger partial charge in [0.1, 0.15) is 5.75 Å². The van der Waals surface area contributed by atoms with E-state index >= 15 is 0 Å². The summed E-state index contributed by atoms with van der Waals surface area (Å²) in [7, 11) is 0. The van der Waals surface area contributed by atoms with Crippen molar-refractivity contribution in [3.05, 3.63) is 27.8 Å². The second kappa shape index (κ2) is 7.83. The number of hydrogen-bond donors (Lipinski definition) is 2. The molecule has 4 nitrogen and oxygen atoms in total. The third-order valence-corrected chi connectivity index (χ3v) is 4.14. The van der Waals surface area contributed by atoms with Crippen molar-refractivity contribution in [1.29, 1.82) is 0 Å². The van der Waals surface area contributed by atoms with E-state index in [1.165, 1.54) is 16.4 Å². The lowest BCUT2D eigenvalue weighted by atomic mass is 10.2. The van der Waals surface area contributed by atoms with Crippen LogP contribution in [-0.4, -0.2) is 25.1 Å². The first-order chi connectivity index (χ1) is 9.69. The summed E-state index contributed by atoms with van der Waals surface area (Å²) in [6.45, 7) is 1.10. The van der Waals surface area contributed by atoms with Crippen LogP contribution in [0.3, 0.4) is 0 Å². The molecule has 1 aliphatic rings. The maximum Gasteiger partial charge on any atom is 0.220 e. The molecular formula is C15H21IN2O2. The van der Waals surface area contributed by atoms with E-state index in [4.69, 9.17) is 10.5 Å². The van der Waals surface area contributed by atoms with Crippen molar-refractivity contribution in [2.24, 2.45) is 11.7 Å². The minimum Gasteiger partial charge on any atom is -0.494 e. The maximum absolute atomic E-state index is 11.8. The van der Waals surface area contributed by atoms with Gasteiger partial charge in [-0.1, -0.05) is 0 Å². The number of hydrogen-bond acceptors (Lipinski definition) is 3. The number of carbonyl (C=O) groups is 1. The molecule has 1 amide bonds. The van der Waals surface area contributed by atoms with Crippen LogP contribution in [-0.2, 0) is 4.79 Å². The Morgan fingerprint density at radius 1 is 1.40 bits per heavy atom. The fourth-order valence-corrected chi connectivity index (χ4v) is 2.46. The number of rotatable bonds is 8. The summed E-state index contributed by atoms with van der Waals surface area (Å²) in [6, 6.07) is 8.06. The molecule has 5 heteroatoms. The molecule has 1 unspecified atom stereocenters. The van der Waals surface area contributed by atoms with Crippen molar-refractivity contribution in [2.75, 3.05) is 13.2 Å². The van der Waals surface area contributed by atoms with Gasteiger partial charge in [-0.25, -0.2) is 0 Å². The van der Waals surface area contributed by atoms with Crippen molar-refractivity contribution in [1.82, 2.24) is 5.32 Å². The molecule has 0 bridgehead atoms. The molecule has 0 radical (unpaired) electrons. The van der Waals surface area contributed by atoms with Gasteiger partial charge in [-0.05, 0) is 72.0 Å². The molecular weight excluding hydrogens is 367 g/mol. The average Bonchev–Trinajstić information content (AvgIpc) is 3.27. The zero-order valence-corrected chi connectivity index (χ0v) is 13.6. The second-order valence-electron chi connectivity index (χ2n) is 5.15. The normalized spacial score (nSPS) is 15.7. The van der Waals surface area contributed by atoms with Gasteiger partial charge in [0.15, 0.2) is 0 Å². The SMILES string of the molecule is NCC(NC(=O)CCCOc1ccc(I)cc1)C1CC1. The highest BCUT2D eigenvalue weighted by molar-refractivity contribution is 14.1. The molecule has 3 N–H and O–H groups in total. The molecule has 1 aromatic rings. The zero-order chi connectivity index (χ0) is 14.4. The van der Waals surface area contributed by atoms with Crippen LogP contribution in [0.2, 0.25) is 0 Å². The first-order valence-corrected chi connectivity index (χ1v) is 8.14. The van der Waals surface area contributed by atoms with Crippen LogP contribution >= 0.6 is 22.6 Å². The van der Waals surface area contributed by atoms with Crippen LogP contribution in [0.25, 0.3) is 0 Å². The third kappa shape index (κ3) is 5.28. The quantitative estimate of drug-likeness (QED) is 0.531. The van der Waals surface area contributed by atoms with Gasteiger partial charge in [-0.2, -0.15) is 0 Å². The van der Waals surface area contributed by atoms with E-state index in [0.717, 1.165) is 12.2 Å². The smallest absolute Gasteiger partial charge is 0.220 e. The fraction of sp³-hybridized carbons (Fsp3) is 0.533. The molecule has 0 spiro atoms. The van der Waals surface area contributed by atoms with Crippen LogP contribution < -0.4 is 15.8 Å². The van der Waals surface area contributed by atoms with E-state index in [2.05, 4.69) is 27.9 Å². The summed E-state index contributed by atoms with van der Waals surface area (Å²) in [5.74, 6) is 1.54. The molecule has 1 aromatic carbocycles. The highest BCUT2D eigenvalue weighted by Crippen LogP contribution is 2.32. The van der Waals surface area contributed by atoms with Crippen LogP contribution in [0.15, 0.2) is 24.3 Å². The number of benzene rings is 1. The Labute approximate surface area is 133 Å². The van der Waals surface area contributed by atoms with Crippen LogP contribution in [0, 0.1) is 9.49 Å². The first-order valence-electron chi connectivity index (χ1n) is 7.07. The number of carbonyl (C=O) groups excluding carboxylic acids is 1. The van der Waals surface area contributed by atoms with Crippen molar-refractivity contribution in [3.63, 3.8) is 0 Å². The molecule has 1 aliphatic carbocycles. The van der Waals surface area contributed by atoms with E-state index in [-0.39, 0.29) is 11.9 Å². The Kier molecular flexibility index (Phi) is 6.09. The monoisotopic (exact) mass is 388 g/mol. The van der Waals surface area contributed by atoms with E-state index in [9.17, 15) is 4.79 Å². The lowest BCUT2D eigenvalue weighted by Gasteiger charge is -2.15. The number of halogens is 1. The summed E-state index contributed by atoms with van der Waals surface area (Å²) in [5.41, 5.74) is 5.66. The maximum atomic E-state index is 11.8. The van der Waals surface area contributed by atoms with Crippen molar-refractivity contribution < 1.29 is 9.53 Å². The summed E-state index contributed by atoms with van der Waals surface area (Å²) in [5, 5.41) is 3.01. The Morgan fingerprint density at radius 2 is 2.10 bits per heavy atom. The lowest BCUT2D eigenvalue weighted by molar-refractivity contribution is -0.122. The van der Waals surface area contributed by atoms with Gasteiger partial charge in [-0.3, -0.25) is 4.79 Å². The first kappa shape index (κ1) is 15.6. The van der Waals surface area contributed by atoms with Gasteiger partial charge >= 0.3 is 0 Å². The van der Waals surface area contributed by atoms with Gasteiger partial charge in [0.05, 0.1) is 6.61 Å². The van der Waals surface area contributed by atoms with E-state index in [0.29, 0.717) is 25.5 Å². The van der Waals surface area contributed by atoms with Gasteiger partial charge in [0.25, 0.3) is 0 Å². The standard InChI is InChI=1S/C15H21IN2O2/c16-12-5-7-13(8-6-12)20-9-1-2-15(19)18-14(10-17)11-3-4-11/h5-8,11,14H,1-4,9-10,17H2,(H,18,19). The number of ether oxygens (including phenoxy) is 1. The molecule has 0 aliphatic heterocycles. The fourth-order valence-electron chi connectivity index (χ4n) is 2.10. The summed E-state index contributed by atoms with van der Waals surface area (Å²) in [6.07, 6.45) is 3.60. The predicted molar refractivity (Wildman–Crippen MR) is 87.6 cm³/mol. The minimum absolute atomic E-state index is 0.0820. The average molecular weight is 388 g/mol. The van der Waals surface area contributed by atoms with Crippen molar-refractivity contribution >= 4 is 28.5 Å².